The molecule has 0 unspecified atom stereocenters. The van der Waals surface area contributed by atoms with E-state index in [-0.39, 0.29) is 0 Å². The van der Waals surface area contributed by atoms with Gasteiger partial charge >= 0.3 is 0 Å². The van der Waals surface area contributed by atoms with Crippen LogP contribution >= 0.6 is 0 Å². The number of aromatic nitrogens is 3. The number of furan rings is 1. The minimum atomic E-state index is 0.586. The second kappa shape index (κ2) is 12.8. The highest BCUT2D eigenvalue weighted by atomic mass is 16.3. The van der Waals surface area contributed by atoms with E-state index in [2.05, 4.69) is 159 Å². The predicted octanol–water partition coefficient (Wildman–Crippen LogP) is 13.4. The summed E-state index contributed by atoms with van der Waals surface area (Å²) in [5.74, 6) is 1.81. The molecule has 0 saturated heterocycles. The number of allylic oxidation sites excluding steroid dienone is 2. The molecule has 254 valence electrons. The lowest BCUT2D eigenvalue weighted by molar-refractivity contribution is 0.670. The average Bonchev–Trinajstić information content (AvgIpc) is 3.62. The molecule has 0 atom stereocenters. The van der Waals surface area contributed by atoms with Crippen LogP contribution in [0.4, 0.5) is 0 Å². The van der Waals surface area contributed by atoms with Crippen molar-refractivity contribution in [2.45, 2.75) is 6.92 Å². The minimum Gasteiger partial charge on any atom is -0.455 e. The Labute approximate surface area is 312 Å². The maximum atomic E-state index is 6.72. The summed E-state index contributed by atoms with van der Waals surface area (Å²) in [7, 11) is 0. The molecule has 10 rings (SSSR count). The molecule has 8 aromatic carbocycles. The number of benzene rings is 8. The molecule has 2 aromatic heterocycles. The summed E-state index contributed by atoms with van der Waals surface area (Å²) >= 11 is 0. The van der Waals surface area contributed by atoms with Gasteiger partial charge in [-0.05, 0) is 80.2 Å². The molecular formula is C50H33N3O. The van der Waals surface area contributed by atoms with Gasteiger partial charge < -0.3 is 4.42 Å². The van der Waals surface area contributed by atoms with Crippen molar-refractivity contribution in [1.29, 1.82) is 0 Å². The molecule has 4 heteroatoms. The zero-order valence-corrected chi connectivity index (χ0v) is 29.6. The van der Waals surface area contributed by atoms with Crippen molar-refractivity contribution in [3.05, 3.63) is 182 Å². The van der Waals surface area contributed by atoms with Crippen LogP contribution in [0.1, 0.15) is 11.1 Å². The van der Waals surface area contributed by atoms with E-state index in [0.29, 0.717) is 17.5 Å². The quantitative estimate of drug-likeness (QED) is 0.163. The Morgan fingerprint density at radius 1 is 0.500 bits per heavy atom. The Kier molecular flexibility index (Phi) is 7.48. The predicted molar refractivity (Wildman–Crippen MR) is 225 cm³/mol. The van der Waals surface area contributed by atoms with Gasteiger partial charge in [-0.2, -0.15) is 0 Å². The third-order valence-electron chi connectivity index (χ3n) is 10.5. The van der Waals surface area contributed by atoms with Crippen molar-refractivity contribution < 1.29 is 4.42 Å². The summed E-state index contributed by atoms with van der Waals surface area (Å²) in [6.45, 7) is 6.07. The molecule has 0 N–H and O–H groups in total. The molecule has 0 spiro atoms. The van der Waals surface area contributed by atoms with Gasteiger partial charge in [0, 0.05) is 33.0 Å². The highest BCUT2D eigenvalue weighted by Gasteiger charge is 2.21. The second-order valence-corrected chi connectivity index (χ2v) is 13.7. The van der Waals surface area contributed by atoms with Gasteiger partial charge in [0.15, 0.2) is 17.5 Å². The summed E-state index contributed by atoms with van der Waals surface area (Å²) in [6.07, 6.45) is 5.90. The molecular weight excluding hydrogens is 659 g/mol. The normalized spacial score (nSPS) is 11.8. The second-order valence-electron chi connectivity index (χ2n) is 13.7. The monoisotopic (exact) mass is 691 g/mol. The highest BCUT2D eigenvalue weighted by Crippen LogP contribution is 2.41. The van der Waals surface area contributed by atoms with Gasteiger partial charge in [-0.25, -0.2) is 15.0 Å². The third kappa shape index (κ3) is 5.27. The largest absolute Gasteiger partial charge is 0.455 e. The van der Waals surface area contributed by atoms with E-state index in [1.807, 2.05) is 18.2 Å². The Hall–Kier alpha value is -7.17. The van der Waals surface area contributed by atoms with E-state index in [9.17, 15) is 0 Å². The van der Waals surface area contributed by atoms with Crippen LogP contribution in [0.15, 0.2) is 175 Å². The zero-order valence-electron chi connectivity index (χ0n) is 29.6. The first-order chi connectivity index (χ1) is 26.6. The Bertz CT molecular complexity index is 3150. The lowest BCUT2D eigenvalue weighted by Gasteiger charge is -2.14. The molecule has 0 amide bonds. The molecule has 0 saturated carbocycles. The lowest BCUT2D eigenvalue weighted by Crippen LogP contribution is -2.02. The van der Waals surface area contributed by atoms with Crippen LogP contribution in [0.25, 0.3) is 106 Å². The number of para-hydroxylation sites is 1. The fourth-order valence-electron chi connectivity index (χ4n) is 7.78. The fraction of sp³-hybridized carbons (Fsp3) is 0.0200. The molecule has 0 fully saturated rings. The molecule has 0 aliphatic heterocycles. The van der Waals surface area contributed by atoms with E-state index in [4.69, 9.17) is 19.4 Å². The van der Waals surface area contributed by atoms with Crippen LogP contribution in [-0.4, -0.2) is 15.0 Å². The van der Waals surface area contributed by atoms with Crippen LogP contribution in [0.2, 0.25) is 0 Å². The number of fused-ring (bicyclic) bond motifs is 6. The van der Waals surface area contributed by atoms with E-state index >= 15 is 0 Å². The summed E-state index contributed by atoms with van der Waals surface area (Å²) in [6, 6.07) is 52.9. The highest BCUT2D eigenvalue weighted by molar-refractivity contribution is 6.15. The van der Waals surface area contributed by atoms with Crippen molar-refractivity contribution in [2.24, 2.45) is 0 Å². The molecule has 0 aliphatic rings. The van der Waals surface area contributed by atoms with Crippen LogP contribution in [-0.2, 0) is 0 Å². The van der Waals surface area contributed by atoms with Gasteiger partial charge in [0.25, 0.3) is 0 Å². The van der Waals surface area contributed by atoms with E-state index < -0.39 is 0 Å². The Balaban J connectivity index is 1.23. The van der Waals surface area contributed by atoms with Crippen molar-refractivity contribution in [2.75, 3.05) is 0 Å². The van der Waals surface area contributed by atoms with Crippen LogP contribution in [0, 0.1) is 6.92 Å². The smallest absolute Gasteiger partial charge is 0.164 e. The van der Waals surface area contributed by atoms with Crippen LogP contribution in [0.3, 0.4) is 0 Å². The third-order valence-corrected chi connectivity index (χ3v) is 10.5. The van der Waals surface area contributed by atoms with Crippen LogP contribution in [0.5, 0.6) is 0 Å². The number of nitrogens with zero attached hydrogens (tertiary/aromatic N) is 3. The molecule has 0 bridgehead atoms. The summed E-state index contributed by atoms with van der Waals surface area (Å²) in [5.41, 5.74) is 8.72. The van der Waals surface area contributed by atoms with E-state index in [1.54, 1.807) is 6.08 Å². The standard InChI is InChI=1S/C50H33N3O/c1-3-4-18-39-31(2)44(30-36-17-9-10-19-40(36)39)50-52-48(38-27-25-33-14-6-8-16-35(33)29-38)51-49(53-50)43-22-12-23-45-46(43)42-21-11-20-41(47(42)54-45)37-26-24-32-13-5-7-15-34(32)28-37/h3-30H,1H2,2H3/b18-4-. The fourth-order valence-corrected chi connectivity index (χ4v) is 7.78. The van der Waals surface area contributed by atoms with Gasteiger partial charge in [0.2, 0.25) is 0 Å². The maximum absolute atomic E-state index is 6.72. The lowest BCUT2D eigenvalue weighted by atomic mass is 9.94. The van der Waals surface area contributed by atoms with Gasteiger partial charge in [0.1, 0.15) is 11.2 Å². The van der Waals surface area contributed by atoms with Crippen molar-refractivity contribution in [3.63, 3.8) is 0 Å². The van der Waals surface area contributed by atoms with E-state index in [1.165, 1.54) is 10.8 Å². The summed E-state index contributed by atoms with van der Waals surface area (Å²) in [5, 5.41) is 8.95. The number of rotatable bonds is 6. The molecule has 10 aromatic rings. The van der Waals surface area contributed by atoms with Crippen molar-refractivity contribution in [3.8, 4) is 45.3 Å². The zero-order chi connectivity index (χ0) is 36.2. The molecule has 54 heavy (non-hydrogen) atoms. The Morgan fingerprint density at radius 3 is 1.85 bits per heavy atom. The van der Waals surface area contributed by atoms with E-state index in [0.717, 1.165) is 82.4 Å². The summed E-state index contributed by atoms with van der Waals surface area (Å²) in [4.78, 5) is 15.7. The number of hydrogen-bond acceptors (Lipinski definition) is 4. The maximum Gasteiger partial charge on any atom is 0.164 e. The number of hydrogen-bond donors (Lipinski definition) is 0. The first kappa shape index (κ1) is 31.6. The topological polar surface area (TPSA) is 51.8 Å². The molecule has 0 radical (unpaired) electrons. The molecule has 0 aliphatic carbocycles. The van der Waals surface area contributed by atoms with Gasteiger partial charge in [0.05, 0.1) is 0 Å². The molecule has 4 nitrogen and oxygen atoms in total. The molecule has 2 heterocycles. The first-order valence-electron chi connectivity index (χ1n) is 18.1. The minimum absolute atomic E-state index is 0.586. The van der Waals surface area contributed by atoms with Gasteiger partial charge in [-0.15, -0.1) is 0 Å². The SMILES string of the molecule is C=C/C=C\c1c(C)c(-c2nc(-c3ccc4ccccc4c3)nc(-c3cccc4oc5c(-c6ccc7ccccc7c6)cccc5c34)n2)cc2ccccc12. The van der Waals surface area contributed by atoms with Gasteiger partial charge in [-0.3, -0.25) is 0 Å². The van der Waals surface area contributed by atoms with Gasteiger partial charge in [-0.1, -0.05) is 152 Å². The van der Waals surface area contributed by atoms with Crippen LogP contribution < -0.4 is 0 Å². The van der Waals surface area contributed by atoms with Crippen molar-refractivity contribution in [1.82, 2.24) is 15.0 Å². The Morgan fingerprint density at radius 2 is 1.09 bits per heavy atom. The van der Waals surface area contributed by atoms with Crippen molar-refractivity contribution >= 4 is 60.3 Å². The summed E-state index contributed by atoms with van der Waals surface area (Å²) < 4.78 is 6.72. The average molecular weight is 692 g/mol. The first-order valence-corrected chi connectivity index (χ1v) is 18.1.